The first-order valence-corrected chi connectivity index (χ1v) is 9.79. The molecule has 0 saturated heterocycles. The van der Waals surface area contributed by atoms with Crippen LogP contribution < -0.4 is 14.8 Å². The minimum atomic E-state index is -0.259. The molecule has 1 amide bonds. The van der Waals surface area contributed by atoms with Gasteiger partial charge in [-0.2, -0.15) is 4.98 Å². The van der Waals surface area contributed by atoms with Gasteiger partial charge in [0.1, 0.15) is 11.5 Å². The van der Waals surface area contributed by atoms with Gasteiger partial charge in [-0.1, -0.05) is 23.4 Å². The Labute approximate surface area is 179 Å². The van der Waals surface area contributed by atoms with E-state index < -0.39 is 0 Å². The molecular formula is C24H21N3O4. The number of hydrogen-bond donors (Lipinski definition) is 1. The largest absolute Gasteiger partial charge is 0.497 e. The first-order valence-electron chi connectivity index (χ1n) is 9.79. The topological polar surface area (TPSA) is 86.5 Å². The predicted molar refractivity (Wildman–Crippen MR) is 117 cm³/mol. The Balaban J connectivity index is 1.54. The van der Waals surface area contributed by atoms with Crippen LogP contribution in [0.1, 0.15) is 17.3 Å². The SMILES string of the molecule is CCOc1ccccc1C(=O)Nc1cccc(-c2nc(-c3ccc(OC)cc3)no2)c1. The lowest BCUT2D eigenvalue weighted by Gasteiger charge is -2.10. The molecule has 0 radical (unpaired) electrons. The third kappa shape index (κ3) is 4.56. The van der Waals surface area contributed by atoms with E-state index in [-0.39, 0.29) is 5.91 Å². The number of rotatable bonds is 7. The average Bonchev–Trinajstić information content (AvgIpc) is 3.30. The molecule has 1 N–H and O–H groups in total. The van der Waals surface area contributed by atoms with Crippen LogP contribution in [0.25, 0.3) is 22.8 Å². The van der Waals surface area contributed by atoms with Gasteiger partial charge in [-0.15, -0.1) is 0 Å². The fraction of sp³-hybridized carbons (Fsp3) is 0.125. The Kier molecular flexibility index (Phi) is 5.93. The van der Waals surface area contributed by atoms with Crippen molar-refractivity contribution in [2.24, 2.45) is 0 Å². The Bertz CT molecular complexity index is 1190. The van der Waals surface area contributed by atoms with Crippen LogP contribution in [0.5, 0.6) is 11.5 Å². The molecule has 0 aliphatic rings. The minimum absolute atomic E-state index is 0.259. The molecule has 0 aliphatic carbocycles. The summed E-state index contributed by atoms with van der Waals surface area (Å²) in [5.41, 5.74) is 2.59. The van der Waals surface area contributed by atoms with Crippen molar-refractivity contribution in [2.75, 3.05) is 19.0 Å². The van der Waals surface area contributed by atoms with E-state index in [1.54, 1.807) is 37.4 Å². The molecule has 31 heavy (non-hydrogen) atoms. The Morgan fingerprint density at radius 1 is 1.00 bits per heavy atom. The number of nitrogens with zero attached hydrogens (tertiary/aromatic N) is 2. The summed E-state index contributed by atoms with van der Waals surface area (Å²) in [6, 6.07) is 21.8. The van der Waals surface area contributed by atoms with Crippen molar-refractivity contribution < 1.29 is 18.8 Å². The van der Waals surface area contributed by atoms with Gasteiger partial charge < -0.3 is 19.3 Å². The zero-order valence-corrected chi connectivity index (χ0v) is 17.2. The number of ether oxygens (including phenoxy) is 2. The van der Waals surface area contributed by atoms with E-state index in [9.17, 15) is 4.79 Å². The molecule has 156 valence electrons. The van der Waals surface area contributed by atoms with E-state index in [0.717, 1.165) is 11.3 Å². The highest BCUT2D eigenvalue weighted by atomic mass is 16.5. The van der Waals surface area contributed by atoms with Gasteiger partial charge in [0, 0.05) is 16.8 Å². The zero-order chi connectivity index (χ0) is 21.6. The van der Waals surface area contributed by atoms with Crippen LogP contribution in [0.2, 0.25) is 0 Å². The van der Waals surface area contributed by atoms with Gasteiger partial charge in [0.05, 0.1) is 19.3 Å². The second-order valence-corrected chi connectivity index (χ2v) is 6.62. The van der Waals surface area contributed by atoms with Gasteiger partial charge >= 0.3 is 0 Å². The molecule has 0 bridgehead atoms. The Morgan fingerprint density at radius 3 is 2.58 bits per heavy atom. The monoisotopic (exact) mass is 415 g/mol. The van der Waals surface area contributed by atoms with Gasteiger partial charge in [0.15, 0.2) is 0 Å². The van der Waals surface area contributed by atoms with E-state index in [2.05, 4.69) is 15.5 Å². The van der Waals surface area contributed by atoms with Crippen molar-refractivity contribution in [2.45, 2.75) is 6.92 Å². The maximum atomic E-state index is 12.7. The number of benzene rings is 3. The summed E-state index contributed by atoms with van der Waals surface area (Å²) in [4.78, 5) is 17.2. The Morgan fingerprint density at radius 2 is 1.81 bits per heavy atom. The molecule has 0 atom stereocenters. The molecule has 1 aromatic heterocycles. The number of aromatic nitrogens is 2. The van der Waals surface area contributed by atoms with Crippen molar-refractivity contribution in [3.8, 4) is 34.3 Å². The van der Waals surface area contributed by atoms with Crippen LogP contribution in [-0.2, 0) is 0 Å². The first-order chi connectivity index (χ1) is 15.2. The lowest BCUT2D eigenvalue weighted by Crippen LogP contribution is -2.13. The molecule has 0 fully saturated rings. The molecule has 0 spiro atoms. The summed E-state index contributed by atoms with van der Waals surface area (Å²) >= 11 is 0. The second-order valence-electron chi connectivity index (χ2n) is 6.62. The molecule has 4 rings (SSSR count). The quantitative estimate of drug-likeness (QED) is 0.454. The lowest BCUT2D eigenvalue weighted by atomic mass is 10.1. The fourth-order valence-electron chi connectivity index (χ4n) is 3.06. The van der Waals surface area contributed by atoms with Gasteiger partial charge in [-0.3, -0.25) is 4.79 Å². The van der Waals surface area contributed by atoms with Crippen LogP contribution in [0.15, 0.2) is 77.3 Å². The summed E-state index contributed by atoms with van der Waals surface area (Å²) in [5, 5.41) is 6.95. The molecule has 7 heteroatoms. The molecule has 1 heterocycles. The summed E-state index contributed by atoms with van der Waals surface area (Å²) in [7, 11) is 1.61. The van der Waals surface area contributed by atoms with E-state index in [4.69, 9.17) is 14.0 Å². The van der Waals surface area contributed by atoms with E-state index in [0.29, 0.717) is 40.9 Å². The van der Waals surface area contributed by atoms with E-state index in [1.807, 2.05) is 49.4 Å². The van der Waals surface area contributed by atoms with E-state index in [1.165, 1.54) is 0 Å². The summed E-state index contributed by atoms with van der Waals surface area (Å²) in [5.74, 6) is 1.86. The van der Waals surface area contributed by atoms with Crippen molar-refractivity contribution in [1.82, 2.24) is 10.1 Å². The van der Waals surface area contributed by atoms with Crippen molar-refractivity contribution in [3.05, 3.63) is 78.4 Å². The highest BCUT2D eigenvalue weighted by Gasteiger charge is 2.14. The maximum absolute atomic E-state index is 12.7. The summed E-state index contributed by atoms with van der Waals surface area (Å²) in [6.07, 6.45) is 0. The maximum Gasteiger partial charge on any atom is 0.259 e. The molecule has 7 nitrogen and oxygen atoms in total. The van der Waals surface area contributed by atoms with Crippen LogP contribution in [0.3, 0.4) is 0 Å². The van der Waals surface area contributed by atoms with Crippen LogP contribution in [0, 0.1) is 0 Å². The number of carbonyl (C=O) groups is 1. The van der Waals surface area contributed by atoms with Gasteiger partial charge in [0.25, 0.3) is 11.8 Å². The first kappa shape index (κ1) is 20.2. The minimum Gasteiger partial charge on any atom is -0.497 e. The predicted octanol–water partition coefficient (Wildman–Crippen LogP) is 5.06. The molecule has 0 aliphatic heterocycles. The molecule has 3 aromatic carbocycles. The second kappa shape index (κ2) is 9.13. The number of carbonyl (C=O) groups excluding carboxylic acids is 1. The number of hydrogen-bond acceptors (Lipinski definition) is 6. The molecule has 4 aromatic rings. The smallest absolute Gasteiger partial charge is 0.259 e. The van der Waals surface area contributed by atoms with Crippen molar-refractivity contribution in [1.29, 1.82) is 0 Å². The number of anilines is 1. The van der Waals surface area contributed by atoms with Crippen molar-refractivity contribution in [3.63, 3.8) is 0 Å². The Hall–Kier alpha value is -4.13. The van der Waals surface area contributed by atoms with Crippen molar-refractivity contribution >= 4 is 11.6 Å². The van der Waals surface area contributed by atoms with Gasteiger partial charge in [-0.25, -0.2) is 0 Å². The van der Waals surface area contributed by atoms with Crippen LogP contribution in [-0.4, -0.2) is 29.8 Å². The highest BCUT2D eigenvalue weighted by molar-refractivity contribution is 6.06. The molecule has 0 saturated carbocycles. The molecular weight excluding hydrogens is 394 g/mol. The normalized spacial score (nSPS) is 10.5. The lowest BCUT2D eigenvalue weighted by molar-refractivity contribution is 0.102. The average molecular weight is 415 g/mol. The number of amides is 1. The van der Waals surface area contributed by atoms with Gasteiger partial charge in [0.2, 0.25) is 5.82 Å². The molecule has 0 unspecified atom stereocenters. The van der Waals surface area contributed by atoms with E-state index >= 15 is 0 Å². The summed E-state index contributed by atoms with van der Waals surface area (Å²) in [6.45, 7) is 2.36. The van der Waals surface area contributed by atoms with Gasteiger partial charge in [-0.05, 0) is 61.5 Å². The standard InChI is InChI=1S/C24H21N3O4/c1-3-30-21-10-5-4-9-20(21)23(28)25-18-8-6-7-17(15-18)24-26-22(27-31-24)16-11-13-19(29-2)14-12-16/h4-15H,3H2,1-2H3,(H,25,28). The van der Waals surface area contributed by atoms with Crippen LogP contribution >= 0.6 is 0 Å². The highest BCUT2D eigenvalue weighted by Crippen LogP contribution is 2.26. The zero-order valence-electron chi connectivity index (χ0n) is 17.2. The summed E-state index contributed by atoms with van der Waals surface area (Å²) < 4.78 is 16.1. The fourth-order valence-corrected chi connectivity index (χ4v) is 3.06. The number of para-hydroxylation sites is 1. The number of methoxy groups -OCH3 is 1. The number of nitrogens with one attached hydrogen (secondary N) is 1. The van der Waals surface area contributed by atoms with Crippen LogP contribution in [0.4, 0.5) is 5.69 Å². The third-order valence-electron chi connectivity index (χ3n) is 4.57. The third-order valence-corrected chi connectivity index (χ3v) is 4.57.